The number of rotatable bonds is 5. The fraction of sp³-hybridized carbons (Fsp3) is 0.188. The Morgan fingerprint density at radius 3 is 2.85 bits per heavy atom. The van der Waals surface area contributed by atoms with E-state index in [0.29, 0.717) is 6.61 Å². The van der Waals surface area contributed by atoms with E-state index >= 15 is 0 Å². The smallest absolute Gasteiger partial charge is 0.328 e. The number of carboxylic acid groups (broad SMARTS) is 1. The fourth-order valence-corrected chi connectivity index (χ4v) is 2.56. The van der Waals surface area contributed by atoms with Gasteiger partial charge in [0.1, 0.15) is 12.4 Å². The predicted molar refractivity (Wildman–Crippen MR) is 81.2 cm³/mol. The van der Waals surface area contributed by atoms with Crippen molar-refractivity contribution in [2.75, 3.05) is 0 Å². The van der Waals surface area contributed by atoms with Gasteiger partial charge >= 0.3 is 5.97 Å². The molecule has 20 heavy (non-hydrogen) atoms. The van der Waals surface area contributed by atoms with Gasteiger partial charge in [-0.2, -0.15) is 0 Å². The summed E-state index contributed by atoms with van der Waals surface area (Å²) in [7, 11) is 0. The molecule has 1 aromatic heterocycles. The SMILES string of the molecule is Cc1ccc(C)c(OCc2ccc(C=CC(=O)O)s2)c1. The van der Waals surface area contributed by atoms with Crippen LogP contribution in [-0.4, -0.2) is 11.1 Å². The van der Waals surface area contributed by atoms with Gasteiger partial charge in [0.25, 0.3) is 0 Å². The lowest BCUT2D eigenvalue weighted by Crippen LogP contribution is -1.95. The summed E-state index contributed by atoms with van der Waals surface area (Å²) in [5.74, 6) is -0.0485. The van der Waals surface area contributed by atoms with Crippen molar-refractivity contribution in [2.24, 2.45) is 0 Å². The van der Waals surface area contributed by atoms with E-state index in [9.17, 15) is 4.79 Å². The van der Waals surface area contributed by atoms with E-state index in [-0.39, 0.29) is 0 Å². The molecule has 0 aliphatic heterocycles. The van der Waals surface area contributed by atoms with Crippen molar-refractivity contribution in [1.29, 1.82) is 0 Å². The zero-order valence-electron chi connectivity index (χ0n) is 11.4. The van der Waals surface area contributed by atoms with Crippen LogP contribution in [0.3, 0.4) is 0 Å². The van der Waals surface area contributed by atoms with Gasteiger partial charge in [0.2, 0.25) is 0 Å². The summed E-state index contributed by atoms with van der Waals surface area (Å²) in [4.78, 5) is 12.4. The predicted octanol–water partition coefficient (Wildman–Crippen LogP) is 4.04. The van der Waals surface area contributed by atoms with Crippen LogP contribution in [0.25, 0.3) is 6.08 Å². The van der Waals surface area contributed by atoms with Crippen molar-refractivity contribution in [2.45, 2.75) is 20.5 Å². The normalized spacial score (nSPS) is 10.9. The first-order chi connectivity index (χ1) is 9.54. The summed E-state index contributed by atoms with van der Waals surface area (Å²) in [5, 5.41) is 8.58. The van der Waals surface area contributed by atoms with E-state index in [2.05, 4.69) is 6.07 Å². The van der Waals surface area contributed by atoms with Gasteiger partial charge in [0.05, 0.1) is 0 Å². The Bertz CT molecular complexity index is 641. The Morgan fingerprint density at radius 2 is 2.10 bits per heavy atom. The highest BCUT2D eigenvalue weighted by Crippen LogP contribution is 2.23. The Balaban J connectivity index is 2.01. The van der Waals surface area contributed by atoms with Crippen LogP contribution in [0.4, 0.5) is 0 Å². The Morgan fingerprint density at radius 1 is 1.30 bits per heavy atom. The second-order valence-corrected chi connectivity index (χ2v) is 5.73. The molecule has 0 bridgehead atoms. The minimum absolute atomic E-state index is 0.496. The highest BCUT2D eigenvalue weighted by Gasteiger charge is 2.03. The van der Waals surface area contributed by atoms with Crippen LogP contribution in [0.2, 0.25) is 0 Å². The number of thiophene rings is 1. The van der Waals surface area contributed by atoms with E-state index in [1.807, 2.05) is 38.1 Å². The molecule has 1 N–H and O–H groups in total. The van der Waals surface area contributed by atoms with E-state index in [4.69, 9.17) is 9.84 Å². The molecule has 0 radical (unpaired) electrons. The zero-order valence-corrected chi connectivity index (χ0v) is 12.2. The number of ether oxygens (including phenoxy) is 1. The summed E-state index contributed by atoms with van der Waals surface area (Å²) in [6, 6.07) is 9.97. The summed E-state index contributed by atoms with van der Waals surface area (Å²) in [5.41, 5.74) is 2.28. The highest BCUT2D eigenvalue weighted by molar-refractivity contribution is 7.12. The largest absolute Gasteiger partial charge is 0.488 e. The number of aryl methyl sites for hydroxylation is 2. The molecule has 1 heterocycles. The van der Waals surface area contributed by atoms with E-state index in [1.165, 1.54) is 16.9 Å². The van der Waals surface area contributed by atoms with Crippen LogP contribution in [0, 0.1) is 13.8 Å². The maximum atomic E-state index is 10.5. The average molecular weight is 288 g/mol. The van der Waals surface area contributed by atoms with Gasteiger partial charge in [0, 0.05) is 15.8 Å². The van der Waals surface area contributed by atoms with Gasteiger partial charge in [-0.15, -0.1) is 11.3 Å². The first-order valence-corrected chi connectivity index (χ1v) is 7.06. The van der Waals surface area contributed by atoms with Gasteiger partial charge in [-0.1, -0.05) is 12.1 Å². The third kappa shape index (κ3) is 3.96. The molecule has 1 aromatic carbocycles. The van der Waals surface area contributed by atoms with E-state index in [1.54, 1.807) is 6.08 Å². The summed E-state index contributed by atoms with van der Waals surface area (Å²) >= 11 is 1.53. The maximum absolute atomic E-state index is 10.5. The summed E-state index contributed by atoms with van der Waals surface area (Å²) in [6.45, 7) is 4.55. The fourth-order valence-electron chi connectivity index (χ4n) is 1.73. The maximum Gasteiger partial charge on any atom is 0.328 e. The second kappa shape index (κ2) is 6.39. The number of benzene rings is 1. The Kier molecular flexibility index (Phi) is 4.58. The number of hydrogen-bond donors (Lipinski definition) is 1. The Labute approximate surface area is 122 Å². The lowest BCUT2D eigenvalue weighted by Gasteiger charge is -2.08. The minimum atomic E-state index is -0.938. The molecule has 104 valence electrons. The third-order valence-corrected chi connectivity index (χ3v) is 3.81. The molecule has 4 heteroatoms. The van der Waals surface area contributed by atoms with Crippen LogP contribution in [-0.2, 0) is 11.4 Å². The lowest BCUT2D eigenvalue weighted by atomic mass is 10.1. The average Bonchev–Trinajstić information content (AvgIpc) is 2.85. The molecule has 3 nitrogen and oxygen atoms in total. The van der Waals surface area contributed by atoms with Crippen LogP contribution in [0.5, 0.6) is 5.75 Å². The Hall–Kier alpha value is -2.07. The number of hydrogen-bond acceptors (Lipinski definition) is 3. The molecular weight excluding hydrogens is 272 g/mol. The van der Waals surface area contributed by atoms with Crippen molar-refractivity contribution in [3.8, 4) is 5.75 Å². The highest BCUT2D eigenvalue weighted by atomic mass is 32.1. The van der Waals surface area contributed by atoms with Crippen molar-refractivity contribution in [3.05, 3.63) is 57.3 Å². The monoisotopic (exact) mass is 288 g/mol. The lowest BCUT2D eigenvalue weighted by molar-refractivity contribution is -0.131. The second-order valence-electron chi connectivity index (χ2n) is 4.53. The molecule has 0 amide bonds. The molecule has 0 saturated heterocycles. The molecule has 0 spiro atoms. The molecule has 0 aliphatic carbocycles. The van der Waals surface area contributed by atoms with Crippen LogP contribution in [0.15, 0.2) is 36.4 Å². The summed E-state index contributed by atoms with van der Waals surface area (Å²) in [6.07, 6.45) is 2.73. The van der Waals surface area contributed by atoms with Crippen molar-refractivity contribution >= 4 is 23.4 Å². The molecule has 0 unspecified atom stereocenters. The first-order valence-electron chi connectivity index (χ1n) is 6.24. The van der Waals surface area contributed by atoms with Crippen LogP contribution in [0.1, 0.15) is 20.9 Å². The zero-order chi connectivity index (χ0) is 14.5. The van der Waals surface area contributed by atoms with Gasteiger partial charge < -0.3 is 9.84 Å². The third-order valence-electron chi connectivity index (χ3n) is 2.79. The van der Waals surface area contributed by atoms with E-state index in [0.717, 1.165) is 27.1 Å². The van der Waals surface area contributed by atoms with Gasteiger partial charge in [-0.3, -0.25) is 0 Å². The topological polar surface area (TPSA) is 46.5 Å². The van der Waals surface area contributed by atoms with Crippen molar-refractivity contribution in [1.82, 2.24) is 0 Å². The molecule has 2 rings (SSSR count). The number of carboxylic acids is 1. The molecule has 0 saturated carbocycles. The van der Waals surface area contributed by atoms with Crippen LogP contribution < -0.4 is 4.74 Å². The quantitative estimate of drug-likeness (QED) is 0.845. The molecule has 0 atom stereocenters. The number of aliphatic carboxylic acids is 1. The van der Waals surface area contributed by atoms with Crippen molar-refractivity contribution in [3.63, 3.8) is 0 Å². The molecule has 2 aromatic rings. The minimum Gasteiger partial charge on any atom is -0.488 e. The van der Waals surface area contributed by atoms with Crippen molar-refractivity contribution < 1.29 is 14.6 Å². The van der Waals surface area contributed by atoms with Gasteiger partial charge in [-0.25, -0.2) is 4.79 Å². The van der Waals surface area contributed by atoms with E-state index < -0.39 is 5.97 Å². The first kappa shape index (κ1) is 14.3. The van der Waals surface area contributed by atoms with Gasteiger partial charge in [0.15, 0.2) is 0 Å². The molecule has 0 fully saturated rings. The molecule has 0 aliphatic rings. The van der Waals surface area contributed by atoms with Crippen LogP contribution >= 0.6 is 11.3 Å². The molecular formula is C16H16O3S. The summed E-state index contributed by atoms with van der Waals surface area (Å²) < 4.78 is 5.81. The number of carbonyl (C=O) groups is 1. The van der Waals surface area contributed by atoms with Gasteiger partial charge in [-0.05, 0) is 49.2 Å². The standard InChI is InChI=1S/C16H16O3S/c1-11-3-4-12(2)15(9-11)19-10-14-6-5-13(20-14)7-8-16(17)18/h3-9H,10H2,1-2H3,(H,17,18).